The van der Waals surface area contributed by atoms with Gasteiger partial charge >= 0.3 is 0 Å². The van der Waals surface area contributed by atoms with Crippen LogP contribution in [-0.4, -0.2) is 81.9 Å². The third kappa shape index (κ3) is 7.08. The second-order valence-corrected chi connectivity index (χ2v) is 7.19. The fourth-order valence-corrected chi connectivity index (χ4v) is 3.56. The molecule has 30 heavy (non-hydrogen) atoms. The van der Waals surface area contributed by atoms with E-state index in [-0.39, 0.29) is 36.6 Å². The van der Waals surface area contributed by atoms with Crippen molar-refractivity contribution in [2.45, 2.75) is 18.4 Å². The summed E-state index contributed by atoms with van der Waals surface area (Å²) in [6.45, 7) is 6.24. The molecule has 170 valence electrons. The molecule has 3 N–H and O–H groups in total. The molecule has 0 aliphatic carbocycles. The first kappa shape index (κ1) is 26.6. The van der Waals surface area contributed by atoms with Crippen molar-refractivity contribution in [1.29, 1.82) is 0 Å². The number of morpholine rings is 1. The molecular formula is C20H32Cl2N4O4. The van der Waals surface area contributed by atoms with Crippen LogP contribution in [0.15, 0.2) is 24.3 Å². The minimum Gasteiger partial charge on any atom is -0.379 e. The van der Waals surface area contributed by atoms with E-state index < -0.39 is 5.60 Å². The van der Waals surface area contributed by atoms with Crippen molar-refractivity contribution >= 4 is 42.3 Å². The van der Waals surface area contributed by atoms with E-state index in [0.29, 0.717) is 30.6 Å². The smallest absolute Gasteiger partial charge is 0.256 e. The van der Waals surface area contributed by atoms with Crippen LogP contribution in [0.2, 0.25) is 0 Å². The molecule has 0 bridgehead atoms. The first-order chi connectivity index (χ1) is 13.6. The van der Waals surface area contributed by atoms with Crippen molar-refractivity contribution in [2.75, 3.05) is 64.9 Å². The first-order valence-electron chi connectivity index (χ1n) is 9.89. The van der Waals surface area contributed by atoms with E-state index in [1.165, 1.54) is 0 Å². The van der Waals surface area contributed by atoms with Gasteiger partial charge in [-0.15, -0.1) is 24.8 Å². The fourth-order valence-electron chi connectivity index (χ4n) is 3.56. The van der Waals surface area contributed by atoms with Gasteiger partial charge in [0.15, 0.2) is 0 Å². The Labute approximate surface area is 190 Å². The lowest BCUT2D eigenvalue weighted by atomic mass is 9.91. The molecule has 0 radical (unpaired) electrons. The summed E-state index contributed by atoms with van der Waals surface area (Å²) >= 11 is 0. The molecule has 1 aromatic carbocycles. The van der Waals surface area contributed by atoms with Gasteiger partial charge in [0.25, 0.3) is 11.8 Å². The van der Waals surface area contributed by atoms with E-state index in [1.807, 2.05) is 0 Å². The molecule has 0 atom stereocenters. The Morgan fingerprint density at radius 2 is 1.77 bits per heavy atom. The lowest BCUT2D eigenvalue weighted by molar-refractivity contribution is -0.140. The van der Waals surface area contributed by atoms with Crippen LogP contribution in [0.25, 0.3) is 0 Å². The number of nitrogens with one attached hydrogen (secondary N) is 3. The summed E-state index contributed by atoms with van der Waals surface area (Å²) in [5.41, 5.74) is 0.439. The van der Waals surface area contributed by atoms with Gasteiger partial charge in [0.05, 0.1) is 13.2 Å². The number of hydrogen-bond donors (Lipinski definition) is 3. The van der Waals surface area contributed by atoms with Crippen LogP contribution in [0.1, 0.15) is 23.2 Å². The van der Waals surface area contributed by atoms with Crippen LogP contribution in [0.3, 0.4) is 0 Å². The van der Waals surface area contributed by atoms with Crippen molar-refractivity contribution in [2.24, 2.45) is 0 Å². The lowest BCUT2D eigenvalue weighted by Crippen LogP contribution is -2.51. The Balaban J connectivity index is 0.00000225. The van der Waals surface area contributed by atoms with Gasteiger partial charge in [0.2, 0.25) is 0 Å². The van der Waals surface area contributed by atoms with E-state index in [4.69, 9.17) is 9.47 Å². The summed E-state index contributed by atoms with van der Waals surface area (Å²) in [6, 6.07) is 6.95. The number of hydrogen-bond acceptors (Lipinski definition) is 6. The number of halogens is 2. The zero-order valence-corrected chi connectivity index (χ0v) is 18.9. The van der Waals surface area contributed by atoms with E-state index in [2.05, 4.69) is 20.9 Å². The van der Waals surface area contributed by atoms with Gasteiger partial charge in [-0.1, -0.05) is 0 Å². The third-order valence-electron chi connectivity index (χ3n) is 5.44. The largest absolute Gasteiger partial charge is 0.379 e. The van der Waals surface area contributed by atoms with E-state index in [1.54, 1.807) is 31.4 Å². The first-order valence-corrected chi connectivity index (χ1v) is 9.89. The third-order valence-corrected chi connectivity index (χ3v) is 5.44. The Morgan fingerprint density at radius 3 is 2.37 bits per heavy atom. The zero-order valence-electron chi connectivity index (χ0n) is 17.3. The molecule has 2 aliphatic rings. The monoisotopic (exact) mass is 462 g/mol. The molecule has 2 fully saturated rings. The van der Waals surface area contributed by atoms with Crippen LogP contribution in [0.4, 0.5) is 5.69 Å². The average molecular weight is 463 g/mol. The van der Waals surface area contributed by atoms with Crippen molar-refractivity contribution in [3.63, 3.8) is 0 Å². The molecule has 0 unspecified atom stereocenters. The number of carbonyl (C=O) groups is 2. The number of nitrogens with zero attached hydrogens (tertiary/aromatic N) is 1. The Kier molecular flexibility index (Phi) is 11.6. The van der Waals surface area contributed by atoms with Crippen LogP contribution < -0.4 is 16.0 Å². The van der Waals surface area contributed by atoms with Gasteiger partial charge in [0.1, 0.15) is 5.60 Å². The highest BCUT2D eigenvalue weighted by Gasteiger charge is 2.39. The summed E-state index contributed by atoms with van der Waals surface area (Å²) in [6.07, 6.45) is 1.28. The summed E-state index contributed by atoms with van der Waals surface area (Å²) < 4.78 is 10.9. The number of anilines is 1. The topological polar surface area (TPSA) is 91.9 Å². The number of methoxy groups -OCH3 is 1. The maximum Gasteiger partial charge on any atom is 0.256 e. The van der Waals surface area contributed by atoms with Crippen LogP contribution in [-0.2, 0) is 14.3 Å². The zero-order chi connectivity index (χ0) is 19.8. The molecule has 0 saturated carbocycles. The lowest BCUT2D eigenvalue weighted by Gasteiger charge is -2.34. The summed E-state index contributed by atoms with van der Waals surface area (Å²) in [5, 5.41) is 9.09. The normalized spacial score (nSPS) is 18.4. The summed E-state index contributed by atoms with van der Waals surface area (Å²) in [5.74, 6) is -0.253. The summed E-state index contributed by atoms with van der Waals surface area (Å²) in [7, 11) is 1.58. The van der Waals surface area contributed by atoms with Gasteiger partial charge in [-0.25, -0.2) is 0 Å². The standard InChI is InChI=1S/C20H30N4O4.2ClH/c1-27-20(6-8-21-9-7-20)19(26)23-17-4-2-16(3-5-17)18(25)22-10-11-24-12-14-28-15-13-24;;/h2-5,21H,6-15H2,1H3,(H,22,25)(H,23,26);2*1H. The van der Waals surface area contributed by atoms with E-state index in [0.717, 1.165) is 45.9 Å². The molecule has 0 spiro atoms. The minimum atomic E-state index is -0.791. The highest BCUT2D eigenvalue weighted by Crippen LogP contribution is 2.24. The number of piperidine rings is 1. The highest BCUT2D eigenvalue weighted by molar-refractivity contribution is 5.98. The van der Waals surface area contributed by atoms with Gasteiger partial charge < -0.3 is 25.4 Å². The molecule has 2 heterocycles. The van der Waals surface area contributed by atoms with Crippen molar-refractivity contribution in [3.8, 4) is 0 Å². The van der Waals surface area contributed by atoms with Crippen LogP contribution in [0.5, 0.6) is 0 Å². The average Bonchev–Trinajstić information content (AvgIpc) is 2.75. The Morgan fingerprint density at radius 1 is 1.13 bits per heavy atom. The molecule has 2 aliphatic heterocycles. The van der Waals surface area contributed by atoms with Crippen molar-refractivity contribution in [1.82, 2.24) is 15.5 Å². The molecule has 8 nitrogen and oxygen atoms in total. The van der Waals surface area contributed by atoms with E-state index in [9.17, 15) is 9.59 Å². The minimum absolute atomic E-state index is 0. The van der Waals surface area contributed by atoms with Gasteiger partial charge in [-0.3, -0.25) is 14.5 Å². The maximum atomic E-state index is 12.7. The molecule has 2 amide bonds. The molecule has 0 aromatic heterocycles. The second kappa shape index (κ2) is 13.1. The van der Waals surface area contributed by atoms with Gasteiger partial charge in [-0.2, -0.15) is 0 Å². The number of rotatable bonds is 7. The molecule has 10 heteroatoms. The maximum absolute atomic E-state index is 12.7. The summed E-state index contributed by atoms with van der Waals surface area (Å²) in [4.78, 5) is 27.2. The molecular weight excluding hydrogens is 431 g/mol. The van der Waals surface area contributed by atoms with Gasteiger partial charge in [-0.05, 0) is 50.2 Å². The number of benzene rings is 1. The van der Waals surface area contributed by atoms with Crippen LogP contribution in [0, 0.1) is 0 Å². The Hall–Kier alpha value is -1.42. The number of carbonyl (C=O) groups excluding carboxylic acids is 2. The number of amides is 2. The predicted molar refractivity (Wildman–Crippen MR) is 121 cm³/mol. The van der Waals surface area contributed by atoms with E-state index >= 15 is 0 Å². The molecule has 2 saturated heterocycles. The Bertz CT molecular complexity index is 663. The molecule has 1 aromatic rings. The second-order valence-electron chi connectivity index (χ2n) is 7.19. The SMILES string of the molecule is COC1(C(=O)Nc2ccc(C(=O)NCCN3CCOCC3)cc2)CCNCC1.Cl.Cl. The molecule has 3 rings (SSSR count). The number of ether oxygens (including phenoxy) is 2. The highest BCUT2D eigenvalue weighted by atomic mass is 35.5. The van der Waals surface area contributed by atoms with Crippen LogP contribution >= 0.6 is 24.8 Å². The van der Waals surface area contributed by atoms with Gasteiger partial charge in [0, 0.05) is 44.5 Å². The quantitative estimate of drug-likeness (QED) is 0.565. The fraction of sp³-hybridized carbons (Fsp3) is 0.600. The predicted octanol–water partition coefficient (Wildman–Crippen LogP) is 1.30. The van der Waals surface area contributed by atoms with Crippen molar-refractivity contribution < 1.29 is 19.1 Å². The van der Waals surface area contributed by atoms with Crippen molar-refractivity contribution in [3.05, 3.63) is 29.8 Å².